The lowest BCUT2D eigenvalue weighted by molar-refractivity contribution is 0.0680. The number of carbonyl (C=O) groups is 1. The number of hydrogen-bond donors (Lipinski definition) is 1. The van der Waals surface area contributed by atoms with Gasteiger partial charge in [0.2, 0.25) is 0 Å². The van der Waals surface area contributed by atoms with Crippen molar-refractivity contribution < 1.29 is 14.3 Å². The van der Waals surface area contributed by atoms with Gasteiger partial charge in [0.25, 0.3) is 5.91 Å². The molecule has 4 rings (SSSR count). The van der Waals surface area contributed by atoms with Crippen LogP contribution in [0.25, 0.3) is 10.9 Å². The summed E-state index contributed by atoms with van der Waals surface area (Å²) in [6.07, 6.45) is 2.28. The number of carbonyl (C=O) groups excluding carboxylic acids is 1. The van der Waals surface area contributed by atoms with E-state index in [1.54, 1.807) is 0 Å². The lowest BCUT2D eigenvalue weighted by atomic mass is 10.2. The van der Waals surface area contributed by atoms with E-state index in [9.17, 15) is 4.79 Å². The third-order valence-corrected chi connectivity index (χ3v) is 5.61. The van der Waals surface area contributed by atoms with Gasteiger partial charge in [-0.15, -0.1) is 0 Å². The summed E-state index contributed by atoms with van der Waals surface area (Å²) in [4.78, 5) is 12.9. The smallest absolute Gasteiger partial charge is 0.273 e. The van der Waals surface area contributed by atoms with E-state index < -0.39 is 0 Å². The zero-order valence-electron chi connectivity index (χ0n) is 15.1. The largest absolute Gasteiger partial charge is 0.491 e. The van der Waals surface area contributed by atoms with Gasteiger partial charge in [0.15, 0.2) is 0 Å². The molecular formula is C21H21BrN2O3. The Morgan fingerprint density at radius 1 is 1.30 bits per heavy atom. The van der Waals surface area contributed by atoms with Crippen molar-refractivity contribution >= 4 is 38.4 Å². The Kier molecular flexibility index (Phi) is 5.18. The van der Waals surface area contributed by atoms with Gasteiger partial charge in [0, 0.05) is 36.3 Å². The summed E-state index contributed by atoms with van der Waals surface area (Å²) < 4.78 is 14.1. The number of hydrogen-bond acceptors (Lipinski definition) is 3. The molecule has 0 radical (unpaired) electrons. The van der Waals surface area contributed by atoms with Gasteiger partial charge in [-0.1, -0.05) is 24.3 Å². The molecule has 27 heavy (non-hydrogen) atoms. The SMILES string of the molecule is Cn1c(C(=O)Nc2cccc(OCC3CCCO3)c2)c(Br)c2ccccc21. The van der Waals surface area contributed by atoms with E-state index in [2.05, 4.69) is 21.2 Å². The molecule has 1 fully saturated rings. The first-order valence-corrected chi connectivity index (χ1v) is 9.81. The van der Waals surface area contributed by atoms with Crippen LogP contribution in [0.4, 0.5) is 5.69 Å². The molecule has 0 saturated carbocycles. The van der Waals surface area contributed by atoms with Gasteiger partial charge >= 0.3 is 0 Å². The molecule has 2 aromatic carbocycles. The molecule has 1 aliphatic heterocycles. The van der Waals surface area contributed by atoms with Crippen molar-refractivity contribution in [3.05, 3.63) is 58.7 Å². The molecule has 1 aliphatic rings. The number of nitrogens with one attached hydrogen (secondary N) is 1. The number of amides is 1. The van der Waals surface area contributed by atoms with Crippen LogP contribution in [-0.2, 0) is 11.8 Å². The van der Waals surface area contributed by atoms with Crippen LogP contribution in [0.3, 0.4) is 0 Å². The Labute approximate surface area is 166 Å². The fourth-order valence-corrected chi connectivity index (χ4v) is 4.20. The average molecular weight is 429 g/mol. The maximum Gasteiger partial charge on any atom is 0.273 e. The monoisotopic (exact) mass is 428 g/mol. The molecule has 5 nitrogen and oxygen atoms in total. The lowest BCUT2D eigenvalue weighted by Crippen LogP contribution is -2.17. The molecule has 1 saturated heterocycles. The molecule has 2 heterocycles. The Morgan fingerprint density at radius 2 is 2.15 bits per heavy atom. The van der Waals surface area contributed by atoms with Gasteiger partial charge in [-0.25, -0.2) is 0 Å². The van der Waals surface area contributed by atoms with Crippen LogP contribution in [0.2, 0.25) is 0 Å². The highest BCUT2D eigenvalue weighted by Gasteiger charge is 2.20. The van der Waals surface area contributed by atoms with Crippen LogP contribution in [0.5, 0.6) is 5.75 Å². The zero-order valence-corrected chi connectivity index (χ0v) is 16.7. The number of halogens is 1. The van der Waals surface area contributed by atoms with Gasteiger partial charge in [0.1, 0.15) is 18.1 Å². The molecule has 0 bridgehead atoms. The van der Waals surface area contributed by atoms with Crippen LogP contribution in [0.15, 0.2) is 53.0 Å². The van der Waals surface area contributed by atoms with Gasteiger partial charge in [0.05, 0.1) is 10.6 Å². The standard InChI is InChI=1S/C21H21BrN2O3/c1-24-18-10-3-2-9-17(18)19(22)20(24)21(25)23-14-6-4-7-15(12-14)27-13-16-8-5-11-26-16/h2-4,6-7,9-10,12,16H,5,8,11,13H2,1H3,(H,23,25). The third kappa shape index (κ3) is 3.73. The second-order valence-electron chi connectivity index (χ2n) is 6.67. The average Bonchev–Trinajstić information content (AvgIpc) is 3.28. The van der Waals surface area contributed by atoms with Gasteiger partial charge in [-0.3, -0.25) is 4.79 Å². The van der Waals surface area contributed by atoms with E-state index in [0.29, 0.717) is 18.0 Å². The Hall–Kier alpha value is -2.31. The van der Waals surface area contributed by atoms with Gasteiger partial charge in [-0.2, -0.15) is 0 Å². The maximum absolute atomic E-state index is 12.9. The Balaban J connectivity index is 1.50. The predicted molar refractivity (Wildman–Crippen MR) is 109 cm³/mol. The highest BCUT2D eigenvalue weighted by atomic mass is 79.9. The van der Waals surface area contributed by atoms with E-state index in [0.717, 1.165) is 40.6 Å². The van der Waals surface area contributed by atoms with Crippen LogP contribution >= 0.6 is 15.9 Å². The Bertz CT molecular complexity index is 938. The van der Waals surface area contributed by atoms with Crippen molar-refractivity contribution in [3.8, 4) is 5.75 Å². The zero-order chi connectivity index (χ0) is 18.8. The summed E-state index contributed by atoms with van der Waals surface area (Å²) in [6.45, 7) is 1.34. The van der Waals surface area contributed by atoms with Crippen LogP contribution in [0, 0.1) is 0 Å². The molecule has 1 aromatic heterocycles. The first kappa shape index (κ1) is 18.1. The number of anilines is 1. The molecule has 1 unspecified atom stereocenters. The number of aryl methyl sites for hydroxylation is 1. The van der Waals surface area contributed by atoms with Crippen molar-refractivity contribution in [3.63, 3.8) is 0 Å². The topological polar surface area (TPSA) is 52.5 Å². The number of fused-ring (bicyclic) bond motifs is 1. The first-order valence-electron chi connectivity index (χ1n) is 9.02. The normalized spacial score (nSPS) is 16.6. The summed E-state index contributed by atoms with van der Waals surface area (Å²) >= 11 is 3.57. The van der Waals surface area contributed by atoms with E-state index in [1.807, 2.05) is 60.1 Å². The van der Waals surface area contributed by atoms with Gasteiger partial charge in [-0.05, 0) is 47.0 Å². The lowest BCUT2D eigenvalue weighted by Gasteiger charge is -2.13. The van der Waals surface area contributed by atoms with Crippen molar-refractivity contribution in [2.75, 3.05) is 18.5 Å². The highest BCUT2D eigenvalue weighted by Crippen LogP contribution is 2.31. The van der Waals surface area contributed by atoms with Crippen LogP contribution in [0.1, 0.15) is 23.3 Å². The molecule has 1 N–H and O–H groups in total. The number of benzene rings is 2. The maximum atomic E-state index is 12.9. The molecule has 3 aromatic rings. The van der Waals surface area contributed by atoms with E-state index in [4.69, 9.17) is 9.47 Å². The molecule has 1 atom stereocenters. The number of aromatic nitrogens is 1. The van der Waals surface area contributed by atoms with Crippen molar-refractivity contribution in [2.45, 2.75) is 18.9 Å². The molecule has 140 valence electrons. The van der Waals surface area contributed by atoms with E-state index in [-0.39, 0.29) is 12.0 Å². The predicted octanol–water partition coefficient (Wildman–Crippen LogP) is 4.75. The van der Waals surface area contributed by atoms with Gasteiger partial charge < -0.3 is 19.4 Å². The number of nitrogens with zero attached hydrogens (tertiary/aromatic N) is 1. The van der Waals surface area contributed by atoms with Crippen LogP contribution in [-0.4, -0.2) is 29.8 Å². The third-order valence-electron chi connectivity index (χ3n) is 4.81. The van der Waals surface area contributed by atoms with E-state index >= 15 is 0 Å². The molecule has 6 heteroatoms. The minimum absolute atomic E-state index is 0.162. The van der Waals surface area contributed by atoms with Crippen molar-refractivity contribution in [1.82, 2.24) is 4.57 Å². The quantitative estimate of drug-likeness (QED) is 0.637. The number of para-hydroxylation sites is 1. The minimum atomic E-state index is -0.170. The molecule has 0 aliphatic carbocycles. The fraction of sp³-hybridized carbons (Fsp3) is 0.286. The summed E-state index contributed by atoms with van der Waals surface area (Å²) in [5, 5.41) is 3.98. The molecular weight excluding hydrogens is 408 g/mol. The van der Waals surface area contributed by atoms with Crippen molar-refractivity contribution in [1.29, 1.82) is 0 Å². The minimum Gasteiger partial charge on any atom is -0.491 e. The van der Waals surface area contributed by atoms with Crippen molar-refractivity contribution in [2.24, 2.45) is 7.05 Å². The second kappa shape index (κ2) is 7.74. The molecule has 1 amide bonds. The highest BCUT2D eigenvalue weighted by molar-refractivity contribution is 9.10. The number of ether oxygens (including phenoxy) is 2. The summed E-state index contributed by atoms with van der Waals surface area (Å²) in [5.74, 6) is 0.552. The summed E-state index contributed by atoms with van der Waals surface area (Å²) in [7, 11) is 1.89. The van der Waals surface area contributed by atoms with E-state index in [1.165, 1.54) is 0 Å². The second-order valence-corrected chi connectivity index (χ2v) is 7.46. The molecule has 0 spiro atoms. The fourth-order valence-electron chi connectivity index (χ4n) is 3.42. The number of rotatable bonds is 5. The first-order chi connectivity index (χ1) is 13.1. The summed E-state index contributed by atoms with van der Waals surface area (Å²) in [6, 6.07) is 15.4. The Morgan fingerprint density at radius 3 is 2.93 bits per heavy atom. The van der Waals surface area contributed by atoms with Crippen LogP contribution < -0.4 is 10.1 Å². The summed E-state index contributed by atoms with van der Waals surface area (Å²) in [5.41, 5.74) is 2.28.